The van der Waals surface area contributed by atoms with Crippen LogP contribution in [0.5, 0.6) is 0 Å². The van der Waals surface area contributed by atoms with Gasteiger partial charge in [-0.15, -0.1) is 0 Å². The van der Waals surface area contributed by atoms with Gasteiger partial charge in [0.1, 0.15) is 5.76 Å². The summed E-state index contributed by atoms with van der Waals surface area (Å²) in [6.45, 7) is 6.41. The molecule has 0 unspecified atom stereocenters. The summed E-state index contributed by atoms with van der Waals surface area (Å²) in [6.07, 6.45) is 2.32. The Balaban J connectivity index is 1.74. The molecule has 2 heterocycles. The third kappa shape index (κ3) is 5.18. The molecule has 1 saturated heterocycles. The Bertz CT molecular complexity index is 902. The quantitative estimate of drug-likeness (QED) is 0.668. The number of likely N-dealkylation sites (tertiary alicyclic amines) is 1. The van der Waals surface area contributed by atoms with E-state index in [9.17, 15) is 13.2 Å². The highest BCUT2D eigenvalue weighted by molar-refractivity contribution is 7.89. The largest absolute Gasteiger partial charge is 0.360 e. The fourth-order valence-electron chi connectivity index (χ4n) is 3.32. The van der Waals surface area contributed by atoms with E-state index in [1.54, 1.807) is 37.3 Å². The van der Waals surface area contributed by atoms with Crippen LogP contribution >= 0.6 is 0 Å². The van der Waals surface area contributed by atoms with Gasteiger partial charge in [0.25, 0.3) is 0 Å². The Morgan fingerprint density at radius 3 is 2.50 bits per heavy atom. The van der Waals surface area contributed by atoms with Gasteiger partial charge in [-0.2, -0.15) is 4.31 Å². The molecule has 1 aliphatic heterocycles. The minimum absolute atomic E-state index is 0.194. The maximum absolute atomic E-state index is 13.1. The molecule has 8 nitrogen and oxygen atoms in total. The number of quaternary nitrogens is 1. The van der Waals surface area contributed by atoms with Gasteiger partial charge in [0, 0.05) is 18.9 Å². The van der Waals surface area contributed by atoms with Gasteiger partial charge in [-0.25, -0.2) is 8.42 Å². The second-order valence-corrected chi connectivity index (χ2v) is 9.17. The normalized spacial score (nSPS) is 15.2. The van der Waals surface area contributed by atoms with Gasteiger partial charge in [-0.1, -0.05) is 22.9 Å². The number of carbonyl (C=O) groups is 1. The maximum atomic E-state index is 13.1. The molecule has 0 bridgehead atoms. The third-order valence-corrected chi connectivity index (χ3v) is 6.76. The van der Waals surface area contributed by atoms with Crippen LogP contribution in [0, 0.1) is 13.8 Å². The van der Waals surface area contributed by atoms with Crippen molar-refractivity contribution in [3.8, 4) is 0 Å². The Hall–Kier alpha value is -2.23. The summed E-state index contributed by atoms with van der Waals surface area (Å²) >= 11 is 0. The van der Waals surface area contributed by atoms with E-state index in [0.29, 0.717) is 12.3 Å². The molecule has 152 valence electrons. The van der Waals surface area contributed by atoms with Gasteiger partial charge in [-0.3, -0.25) is 4.79 Å². The number of sulfonamides is 1. The number of rotatable bonds is 8. The lowest BCUT2D eigenvalue weighted by molar-refractivity contribution is -0.886. The van der Waals surface area contributed by atoms with Crippen molar-refractivity contribution in [1.82, 2.24) is 9.46 Å². The third-order valence-electron chi connectivity index (χ3n) is 4.90. The Morgan fingerprint density at radius 1 is 1.21 bits per heavy atom. The zero-order valence-electron chi connectivity index (χ0n) is 16.3. The van der Waals surface area contributed by atoms with Crippen molar-refractivity contribution in [3.05, 3.63) is 41.7 Å². The average Bonchev–Trinajstić information content (AvgIpc) is 3.30. The molecule has 1 fully saturated rings. The minimum atomic E-state index is -3.78. The molecule has 9 heteroatoms. The van der Waals surface area contributed by atoms with E-state index in [1.807, 2.05) is 6.92 Å². The zero-order chi connectivity index (χ0) is 20.1. The average molecular weight is 408 g/mol. The minimum Gasteiger partial charge on any atom is -0.360 e. The maximum Gasteiger partial charge on any atom is 0.243 e. The van der Waals surface area contributed by atoms with E-state index >= 15 is 0 Å². The summed E-state index contributed by atoms with van der Waals surface area (Å²) in [6, 6.07) is 8.27. The van der Waals surface area contributed by atoms with Crippen molar-refractivity contribution in [3.63, 3.8) is 0 Å². The number of nitrogens with one attached hydrogen (secondary N) is 2. The molecule has 3 rings (SSSR count). The lowest BCUT2D eigenvalue weighted by Gasteiger charge is -2.23. The molecule has 1 aromatic heterocycles. The first-order chi connectivity index (χ1) is 13.3. The van der Waals surface area contributed by atoms with Crippen LogP contribution in [0.1, 0.15) is 24.2 Å². The van der Waals surface area contributed by atoms with E-state index in [4.69, 9.17) is 4.52 Å². The standard InChI is InChI=1S/C19H26N4O4S/c1-15-5-7-17(8-6-15)28(25,26)23(12-11-22-9-3-4-10-22)14-19(24)20-18-13-16(2)27-21-18/h5-8,13H,3-4,9-12,14H2,1-2H3,(H,20,21,24)/p+1. The number of aromatic nitrogens is 1. The summed E-state index contributed by atoms with van der Waals surface area (Å²) in [7, 11) is -3.78. The predicted molar refractivity (Wildman–Crippen MR) is 105 cm³/mol. The summed E-state index contributed by atoms with van der Waals surface area (Å²) < 4.78 is 32.5. The van der Waals surface area contributed by atoms with Crippen LogP contribution in [-0.2, 0) is 14.8 Å². The van der Waals surface area contributed by atoms with Crippen LogP contribution in [0.25, 0.3) is 0 Å². The molecule has 0 spiro atoms. The molecule has 2 aromatic rings. The van der Waals surface area contributed by atoms with E-state index in [1.165, 1.54) is 9.21 Å². The molecule has 1 amide bonds. The molecule has 28 heavy (non-hydrogen) atoms. The number of amides is 1. The van der Waals surface area contributed by atoms with Crippen molar-refractivity contribution >= 4 is 21.7 Å². The molecule has 0 radical (unpaired) electrons. The van der Waals surface area contributed by atoms with Crippen LogP contribution in [0.3, 0.4) is 0 Å². The lowest BCUT2D eigenvalue weighted by Crippen LogP contribution is -3.10. The van der Waals surface area contributed by atoms with Gasteiger partial charge in [0.15, 0.2) is 5.82 Å². The summed E-state index contributed by atoms with van der Waals surface area (Å²) in [5, 5.41) is 6.32. The van der Waals surface area contributed by atoms with Crippen molar-refractivity contribution < 1.29 is 22.6 Å². The number of anilines is 1. The van der Waals surface area contributed by atoms with Gasteiger partial charge in [0.05, 0.1) is 37.6 Å². The molecule has 0 atom stereocenters. The molecular weight excluding hydrogens is 380 g/mol. The number of hydrogen-bond acceptors (Lipinski definition) is 5. The number of carbonyl (C=O) groups excluding carboxylic acids is 1. The first-order valence-corrected chi connectivity index (χ1v) is 10.9. The van der Waals surface area contributed by atoms with Gasteiger partial charge >= 0.3 is 0 Å². The highest BCUT2D eigenvalue weighted by atomic mass is 32.2. The molecule has 1 aliphatic rings. The summed E-state index contributed by atoms with van der Waals surface area (Å²) in [4.78, 5) is 14.0. The Morgan fingerprint density at radius 2 is 1.89 bits per heavy atom. The van der Waals surface area contributed by atoms with E-state index in [2.05, 4.69) is 10.5 Å². The number of nitrogens with zero attached hydrogens (tertiary/aromatic N) is 2. The number of hydrogen-bond donors (Lipinski definition) is 2. The fraction of sp³-hybridized carbons (Fsp3) is 0.474. The molecule has 1 aromatic carbocycles. The predicted octanol–water partition coefficient (Wildman–Crippen LogP) is 0.600. The van der Waals surface area contributed by atoms with Crippen molar-refractivity contribution in [2.75, 3.05) is 38.0 Å². The molecule has 0 saturated carbocycles. The monoisotopic (exact) mass is 407 g/mol. The summed E-state index contributed by atoms with van der Waals surface area (Å²) in [5.74, 6) is 0.401. The highest BCUT2D eigenvalue weighted by Crippen LogP contribution is 2.16. The van der Waals surface area contributed by atoms with Crippen molar-refractivity contribution in [2.45, 2.75) is 31.6 Å². The van der Waals surface area contributed by atoms with Crippen LogP contribution < -0.4 is 10.2 Å². The van der Waals surface area contributed by atoms with E-state index in [-0.39, 0.29) is 23.8 Å². The van der Waals surface area contributed by atoms with Crippen LogP contribution in [0.4, 0.5) is 5.82 Å². The SMILES string of the molecule is Cc1ccc(S(=O)(=O)N(CC[NH+]2CCCC2)CC(=O)Nc2cc(C)on2)cc1. The molecule has 0 aliphatic carbocycles. The highest BCUT2D eigenvalue weighted by Gasteiger charge is 2.28. The van der Waals surface area contributed by atoms with Crippen molar-refractivity contribution in [1.29, 1.82) is 0 Å². The Labute approximate surface area is 165 Å². The van der Waals surface area contributed by atoms with E-state index < -0.39 is 15.9 Å². The number of aryl methyl sites for hydroxylation is 2. The first kappa shape index (κ1) is 20.5. The topological polar surface area (TPSA) is 97.0 Å². The van der Waals surface area contributed by atoms with Gasteiger partial charge in [-0.05, 0) is 26.0 Å². The lowest BCUT2D eigenvalue weighted by atomic mass is 10.2. The van der Waals surface area contributed by atoms with Crippen molar-refractivity contribution in [2.24, 2.45) is 0 Å². The molecule has 2 N–H and O–H groups in total. The molecular formula is C19H27N4O4S+. The van der Waals surface area contributed by atoms with Crippen LogP contribution in [0.15, 0.2) is 39.8 Å². The van der Waals surface area contributed by atoms with Gasteiger partial charge < -0.3 is 14.7 Å². The fourth-order valence-corrected chi connectivity index (χ4v) is 4.72. The van der Waals surface area contributed by atoms with E-state index in [0.717, 1.165) is 31.5 Å². The van der Waals surface area contributed by atoms with Gasteiger partial charge in [0.2, 0.25) is 15.9 Å². The number of benzene rings is 1. The zero-order valence-corrected chi connectivity index (χ0v) is 17.1. The summed E-state index contributed by atoms with van der Waals surface area (Å²) in [5.41, 5.74) is 0.978. The smallest absolute Gasteiger partial charge is 0.243 e. The second kappa shape index (κ2) is 8.85. The van der Waals surface area contributed by atoms with Crippen LogP contribution in [0.2, 0.25) is 0 Å². The first-order valence-electron chi connectivity index (χ1n) is 9.48. The Kier molecular flexibility index (Phi) is 6.48. The second-order valence-electron chi connectivity index (χ2n) is 7.23. The van der Waals surface area contributed by atoms with Crippen LogP contribution in [-0.4, -0.2) is 56.5 Å².